The minimum Gasteiger partial charge on any atom is -0.493 e. The lowest BCUT2D eigenvalue weighted by Crippen LogP contribution is -2.26. The van der Waals surface area contributed by atoms with Crippen LogP contribution in [0.25, 0.3) is 11.0 Å². The topological polar surface area (TPSA) is 98.1 Å². The molecule has 2 amide bonds. The number of hydrogen-bond acceptors (Lipinski definition) is 5. The van der Waals surface area contributed by atoms with E-state index in [0.717, 1.165) is 11.0 Å². The normalized spacial score (nSPS) is 10.9. The van der Waals surface area contributed by atoms with E-state index in [2.05, 4.69) is 20.7 Å². The molecule has 0 saturated carbocycles. The highest BCUT2D eigenvalue weighted by Crippen LogP contribution is 2.19. The maximum Gasteiger partial charge on any atom is 0.255 e. The number of rotatable bonds is 9. The van der Waals surface area contributed by atoms with Gasteiger partial charge in [0.1, 0.15) is 5.75 Å². The van der Waals surface area contributed by atoms with Crippen LogP contribution >= 0.6 is 0 Å². The van der Waals surface area contributed by atoms with Crippen LogP contribution in [-0.2, 0) is 4.79 Å². The third kappa shape index (κ3) is 5.14. The Hall–Kier alpha value is -3.42. The summed E-state index contributed by atoms with van der Waals surface area (Å²) in [6, 6.07) is 9.18. The lowest BCUT2D eigenvalue weighted by Gasteiger charge is -2.10. The first-order valence-electron chi connectivity index (χ1n) is 10.1. The van der Waals surface area contributed by atoms with E-state index in [-0.39, 0.29) is 24.3 Å². The second-order valence-electron chi connectivity index (χ2n) is 7.16. The Bertz CT molecular complexity index is 1030. The molecular weight excluding hydrogens is 382 g/mol. The van der Waals surface area contributed by atoms with E-state index in [4.69, 9.17) is 4.74 Å². The lowest BCUT2D eigenvalue weighted by atomic mass is 10.2. The molecule has 1 aromatic carbocycles. The SMILES string of the molecule is CCOc1ccccc1C(=O)NCCCC(=O)Nc1cnc2c(cnn2C(C)C)c1. The van der Waals surface area contributed by atoms with Crippen molar-refractivity contribution in [3.63, 3.8) is 0 Å². The van der Waals surface area contributed by atoms with Crippen LogP contribution in [0.15, 0.2) is 42.7 Å². The van der Waals surface area contributed by atoms with E-state index >= 15 is 0 Å². The highest BCUT2D eigenvalue weighted by atomic mass is 16.5. The van der Waals surface area contributed by atoms with Crippen LogP contribution in [0.3, 0.4) is 0 Å². The summed E-state index contributed by atoms with van der Waals surface area (Å²) in [5.74, 6) is 0.214. The van der Waals surface area contributed by atoms with Gasteiger partial charge in [-0.1, -0.05) is 12.1 Å². The number of benzene rings is 1. The van der Waals surface area contributed by atoms with Gasteiger partial charge in [-0.2, -0.15) is 5.10 Å². The van der Waals surface area contributed by atoms with Crippen LogP contribution in [0, 0.1) is 0 Å². The first kappa shape index (κ1) is 21.3. The Morgan fingerprint density at radius 1 is 1.20 bits per heavy atom. The molecule has 0 saturated heterocycles. The van der Waals surface area contributed by atoms with Crippen molar-refractivity contribution in [3.8, 4) is 5.75 Å². The molecule has 0 atom stereocenters. The van der Waals surface area contributed by atoms with Crippen molar-refractivity contribution in [1.29, 1.82) is 0 Å². The molecule has 158 valence electrons. The third-order valence-electron chi connectivity index (χ3n) is 4.50. The number of amides is 2. The van der Waals surface area contributed by atoms with E-state index < -0.39 is 0 Å². The molecule has 0 radical (unpaired) electrons. The maximum absolute atomic E-state index is 12.3. The van der Waals surface area contributed by atoms with Crippen LogP contribution in [0.5, 0.6) is 5.75 Å². The summed E-state index contributed by atoms with van der Waals surface area (Å²) in [5.41, 5.74) is 1.91. The fourth-order valence-corrected chi connectivity index (χ4v) is 3.09. The van der Waals surface area contributed by atoms with Gasteiger partial charge in [0.15, 0.2) is 5.65 Å². The van der Waals surface area contributed by atoms with E-state index in [9.17, 15) is 9.59 Å². The molecule has 0 bridgehead atoms. The number of pyridine rings is 1. The van der Waals surface area contributed by atoms with Gasteiger partial charge in [0.2, 0.25) is 5.91 Å². The van der Waals surface area contributed by atoms with Gasteiger partial charge in [0.25, 0.3) is 5.91 Å². The minimum atomic E-state index is -0.212. The molecular formula is C22H27N5O3. The molecule has 0 aliphatic carbocycles. The third-order valence-corrected chi connectivity index (χ3v) is 4.50. The minimum absolute atomic E-state index is 0.128. The van der Waals surface area contributed by atoms with Crippen LogP contribution in [-0.4, -0.2) is 39.7 Å². The Balaban J connectivity index is 1.47. The summed E-state index contributed by atoms with van der Waals surface area (Å²) in [4.78, 5) is 29.0. The van der Waals surface area contributed by atoms with Crippen molar-refractivity contribution in [1.82, 2.24) is 20.1 Å². The molecule has 2 aromatic heterocycles. The van der Waals surface area contributed by atoms with E-state index in [1.807, 2.05) is 37.6 Å². The number of carbonyl (C=O) groups is 2. The Morgan fingerprint density at radius 3 is 2.77 bits per heavy atom. The van der Waals surface area contributed by atoms with Crippen LogP contribution in [0.1, 0.15) is 50.0 Å². The molecule has 0 aliphatic rings. The number of nitrogens with zero attached hydrogens (tertiary/aromatic N) is 3. The zero-order valence-corrected chi connectivity index (χ0v) is 17.5. The zero-order chi connectivity index (χ0) is 21.5. The predicted molar refractivity (Wildman–Crippen MR) is 116 cm³/mol. The highest BCUT2D eigenvalue weighted by Gasteiger charge is 2.12. The molecule has 8 nitrogen and oxygen atoms in total. The number of fused-ring (bicyclic) bond motifs is 1. The molecule has 0 spiro atoms. The van der Waals surface area contributed by atoms with Crippen molar-refractivity contribution >= 4 is 28.5 Å². The van der Waals surface area contributed by atoms with E-state index in [1.165, 1.54) is 0 Å². The summed E-state index contributed by atoms with van der Waals surface area (Å²) < 4.78 is 7.32. The van der Waals surface area contributed by atoms with E-state index in [1.54, 1.807) is 30.6 Å². The molecule has 2 heterocycles. The first-order valence-corrected chi connectivity index (χ1v) is 10.1. The van der Waals surface area contributed by atoms with Gasteiger partial charge in [-0.15, -0.1) is 0 Å². The van der Waals surface area contributed by atoms with Crippen LogP contribution < -0.4 is 15.4 Å². The average Bonchev–Trinajstić information content (AvgIpc) is 3.15. The fourth-order valence-electron chi connectivity index (χ4n) is 3.09. The maximum atomic E-state index is 12.3. The van der Waals surface area contributed by atoms with E-state index in [0.29, 0.717) is 36.6 Å². The number of hydrogen-bond donors (Lipinski definition) is 2. The Labute approximate surface area is 175 Å². The van der Waals surface area contributed by atoms with Crippen molar-refractivity contribution in [3.05, 3.63) is 48.3 Å². The molecule has 2 N–H and O–H groups in total. The standard InChI is InChI=1S/C22H27N5O3/c1-4-30-19-9-6-5-8-18(19)22(29)23-11-7-10-20(28)26-17-12-16-13-25-27(15(2)3)21(16)24-14-17/h5-6,8-9,12-15H,4,7,10-11H2,1-3H3,(H,23,29)(H,26,28). The summed E-state index contributed by atoms with van der Waals surface area (Å²) in [6.45, 7) is 6.83. The molecule has 8 heteroatoms. The van der Waals surface area contributed by atoms with Crippen molar-refractivity contribution < 1.29 is 14.3 Å². The van der Waals surface area contributed by atoms with Gasteiger partial charge < -0.3 is 15.4 Å². The number of aromatic nitrogens is 3. The molecule has 30 heavy (non-hydrogen) atoms. The number of carbonyl (C=O) groups excluding carboxylic acids is 2. The van der Waals surface area contributed by atoms with Crippen LogP contribution in [0.4, 0.5) is 5.69 Å². The second-order valence-corrected chi connectivity index (χ2v) is 7.16. The monoisotopic (exact) mass is 409 g/mol. The highest BCUT2D eigenvalue weighted by molar-refractivity contribution is 5.97. The number of anilines is 1. The zero-order valence-electron chi connectivity index (χ0n) is 17.5. The molecule has 0 fully saturated rings. The van der Waals surface area contributed by atoms with Crippen LogP contribution in [0.2, 0.25) is 0 Å². The van der Waals surface area contributed by atoms with Gasteiger partial charge in [-0.25, -0.2) is 9.67 Å². The first-order chi connectivity index (χ1) is 14.5. The number of ether oxygens (including phenoxy) is 1. The molecule has 3 rings (SSSR count). The number of para-hydroxylation sites is 1. The number of nitrogens with one attached hydrogen (secondary N) is 2. The van der Waals surface area contributed by atoms with Crippen molar-refractivity contribution in [2.45, 2.75) is 39.7 Å². The molecule has 3 aromatic rings. The Morgan fingerprint density at radius 2 is 2.00 bits per heavy atom. The fraction of sp³-hybridized carbons (Fsp3) is 0.364. The smallest absolute Gasteiger partial charge is 0.255 e. The van der Waals surface area contributed by atoms with Gasteiger partial charge in [0.05, 0.1) is 30.3 Å². The largest absolute Gasteiger partial charge is 0.493 e. The van der Waals surface area contributed by atoms with Crippen molar-refractivity contribution in [2.24, 2.45) is 0 Å². The predicted octanol–water partition coefficient (Wildman–Crippen LogP) is 3.56. The Kier molecular flexibility index (Phi) is 7.00. The quantitative estimate of drug-likeness (QED) is 0.527. The van der Waals surface area contributed by atoms with Gasteiger partial charge in [-0.05, 0) is 45.4 Å². The van der Waals surface area contributed by atoms with Gasteiger partial charge >= 0.3 is 0 Å². The summed E-state index contributed by atoms with van der Waals surface area (Å²) >= 11 is 0. The average molecular weight is 409 g/mol. The van der Waals surface area contributed by atoms with Gasteiger partial charge in [0, 0.05) is 24.4 Å². The summed E-state index contributed by atoms with van der Waals surface area (Å²) in [6.07, 6.45) is 4.19. The van der Waals surface area contributed by atoms with Gasteiger partial charge in [-0.3, -0.25) is 9.59 Å². The lowest BCUT2D eigenvalue weighted by molar-refractivity contribution is -0.116. The summed E-state index contributed by atoms with van der Waals surface area (Å²) in [5, 5.41) is 10.9. The van der Waals surface area contributed by atoms with Crippen molar-refractivity contribution in [2.75, 3.05) is 18.5 Å². The second kappa shape index (κ2) is 9.87. The summed E-state index contributed by atoms with van der Waals surface area (Å²) in [7, 11) is 0. The molecule has 0 aliphatic heterocycles. The molecule has 0 unspecified atom stereocenters.